The lowest BCUT2D eigenvalue weighted by Crippen LogP contribution is -2.43. The second-order valence-corrected chi connectivity index (χ2v) is 18.5. The Hall–Kier alpha value is -4.53. The van der Waals surface area contributed by atoms with Gasteiger partial charge in [-0.3, -0.25) is 14.4 Å². The lowest BCUT2D eigenvalue weighted by atomic mass is 9.92. The van der Waals surface area contributed by atoms with E-state index in [1.165, 1.54) is 0 Å². The van der Waals surface area contributed by atoms with Crippen molar-refractivity contribution >= 4 is 17.7 Å². The van der Waals surface area contributed by atoms with E-state index in [-0.39, 0.29) is 41.5 Å². The third-order valence-corrected chi connectivity index (χ3v) is 12.8. The topological polar surface area (TPSA) is 143 Å². The van der Waals surface area contributed by atoms with E-state index in [1.807, 2.05) is 91.5 Å². The monoisotopic (exact) mass is 915 g/mol. The average Bonchev–Trinajstić information content (AvgIpc) is 3.96. The number of ether oxygens (including phenoxy) is 4. The van der Waals surface area contributed by atoms with Gasteiger partial charge in [-0.15, -0.1) is 0 Å². The molecule has 5 rings (SSSR count). The van der Waals surface area contributed by atoms with Gasteiger partial charge in [0.25, 0.3) is 11.8 Å². The van der Waals surface area contributed by atoms with Gasteiger partial charge >= 0.3 is 0 Å². The lowest BCUT2D eigenvalue weighted by molar-refractivity contribution is -0.129. The van der Waals surface area contributed by atoms with E-state index in [0.29, 0.717) is 68.9 Å². The highest BCUT2D eigenvalue weighted by molar-refractivity contribution is 5.97. The number of likely N-dealkylation sites (N-methyl/N-ethyl adjacent to an activating group) is 1. The second kappa shape index (κ2) is 28.6. The molecule has 0 aromatic heterocycles. The Morgan fingerprint density at radius 1 is 0.773 bits per heavy atom. The summed E-state index contributed by atoms with van der Waals surface area (Å²) in [7, 11) is 7.23. The normalized spacial score (nSPS) is 17.9. The first kappa shape index (κ1) is 54.1. The summed E-state index contributed by atoms with van der Waals surface area (Å²) < 4.78 is 22.3. The van der Waals surface area contributed by atoms with Crippen LogP contribution in [-0.4, -0.2) is 141 Å². The first-order valence-electron chi connectivity index (χ1n) is 24.3. The van der Waals surface area contributed by atoms with Crippen LogP contribution in [0.1, 0.15) is 96.3 Å². The number of rotatable bonds is 25. The van der Waals surface area contributed by atoms with Crippen LogP contribution in [0.3, 0.4) is 0 Å². The Morgan fingerprint density at radius 3 is 2.00 bits per heavy atom. The van der Waals surface area contributed by atoms with Crippen molar-refractivity contribution in [3.63, 3.8) is 0 Å². The zero-order valence-corrected chi connectivity index (χ0v) is 41.8. The molecule has 3 aromatic carbocycles. The number of amides is 3. The number of hydrogen-bond acceptors (Lipinski definition) is 10. The van der Waals surface area contributed by atoms with Gasteiger partial charge in [-0.1, -0.05) is 63.2 Å². The van der Waals surface area contributed by atoms with Crippen molar-refractivity contribution in [2.45, 2.75) is 79.2 Å². The number of aryl methyl sites for hydroxylation is 2. The summed E-state index contributed by atoms with van der Waals surface area (Å²) in [5, 5.41) is 13.4. The highest BCUT2D eigenvalue weighted by Gasteiger charge is 2.32. The summed E-state index contributed by atoms with van der Waals surface area (Å²) in [5.74, 6) is 3.43. The van der Waals surface area contributed by atoms with Crippen molar-refractivity contribution in [3.05, 3.63) is 94.0 Å². The molecule has 2 saturated heterocycles. The van der Waals surface area contributed by atoms with Crippen LogP contribution >= 0.6 is 0 Å². The van der Waals surface area contributed by atoms with Gasteiger partial charge in [0.2, 0.25) is 5.91 Å². The largest absolute Gasteiger partial charge is 0.493 e. The molecule has 0 aliphatic carbocycles. The summed E-state index contributed by atoms with van der Waals surface area (Å²) in [6.07, 6.45) is 2.90. The molecule has 66 heavy (non-hydrogen) atoms. The minimum absolute atomic E-state index is 0.0791. The smallest absolute Gasteiger partial charge is 0.254 e. The number of methoxy groups -OCH3 is 2. The molecule has 0 bridgehead atoms. The van der Waals surface area contributed by atoms with Crippen molar-refractivity contribution in [2.75, 3.05) is 107 Å². The predicted octanol–water partition coefficient (Wildman–Crippen LogP) is 6.37. The average molecular weight is 915 g/mol. The van der Waals surface area contributed by atoms with Crippen molar-refractivity contribution in [1.29, 1.82) is 0 Å². The van der Waals surface area contributed by atoms with Crippen molar-refractivity contribution in [1.82, 2.24) is 31.1 Å². The molecule has 13 nitrogen and oxygen atoms in total. The third kappa shape index (κ3) is 16.4. The van der Waals surface area contributed by atoms with Gasteiger partial charge < -0.3 is 50.0 Å². The molecule has 2 aliphatic rings. The molecule has 3 aromatic rings. The fourth-order valence-electron chi connectivity index (χ4n) is 8.91. The molecule has 0 spiro atoms. The Bertz CT molecular complexity index is 1930. The maximum atomic E-state index is 13.4. The van der Waals surface area contributed by atoms with Gasteiger partial charge in [0.1, 0.15) is 11.5 Å². The molecule has 2 aliphatic heterocycles. The van der Waals surface area contributed by atoms with E-state index >= 15 is 0 Å². The predicted molar refractivity (Wildman–Crippen MR) is 265 cm³/mol. The standard InChI is InChI=1S/C30H43N3O4.C23H39N3O3/c1-21(2)28-26(13-12-22(3)29(28)37-15-9-14-36-5)30(35)32-19-24-17-31-18-25(24)20-33(4)27(34)16-23-10-7-6-8-11-23;1-6-18-8-9-19(12-22(18)29-11-7-10-28-5)23(27)26(17(2)3)16-21-15-25-14-20(21)13-24-4/h6-8,10-13,21,24-25,31H,9,14-20H2,1-5H3,(H,32,35);8-9,12,17,20-21,24-25H,6-7,10-11,13-16H2,1-5H3/t24-,25-;20-,21-/m00/s1. The summed E-state index contributed by atoms with van der Waals surface area (Å²) in [5.41, 5.74) is 5.50. The van der Waals surface area contributed by atoms with Crippen LogP contribution in [0.5, 0.6) is 11.5 Å². The van der Waals surface area contributed by atoms with Gasteiger partial charge in [-0.25, -0.2) is 0 Å². The maximum absolute atomic E-state index is 13.4. The number of hydrogen-bond donors (Lipinski definition) is 4. The highest BCUT2D eigenvalue weighted by atomic mass is 16.5. The van der Waals surface area contributed by atoms with E-state index in [4.69, 9.17) is 18.9 Å². The molecule has 0 radical (unpaired) electrons. The van der Waals surface area contributed by atoms with Crippen molar-refractivity contribution < 1.29 is 33.3 Å². The molecule has 3 amide bonds. The Morgan fingerprint density at radius 2 is 1.39 bits per heavy atom. The van der Waals surface area contributed by atoms with E-state index in [2.05, 4.69) is 55.9 Å². The Kier molecular flexibility index (Phi) is 23.4. The first-order valence-corrected chi connectivity index (χ1v) is 24.3. The molecule has 4 atom stereocenters. The fraction of sp³-hybridized carbons (Fsp3) is 0.604. The van der Waals surface area contributed by atoms with Crippen LogP contribution < -0.4 is 30.7 Å². The van der Waals surface area contributed by atoms with Gasteiger partial charge in [-0.05, 0) is 112 Å². The summed E-state index contributed by atoms with van der Waals surface area (Å²) >= 11 is 0. The number of benzene rings is 3. The van der Waals surface area contributed by atoms with E-state index in [0.717, 1.165) is 92.3 Å². The van der Waals surface area contributed by atoms with Crippen LogP contribution in [-0.2, 0) is 27.1 Å². The summed E-state index contributed by atoms with van der Waals surface area (Å²) in [6, 6.07) is 19.7. The quantitative estimate of drug-likeness (QED) is 0.0709. The molecule has 2 heterocycles. The number of nitrogens with zero attached hydrogens (tertiary/aromatic N) is 2. The Balaban J connectivity index is 0.000000297. The number of carbonyl (C=O) groups excluding carboxylic acids is 3. The number of nitrogens with one attached hydrogen (secondary N) is 4. The van der Waals surface area contributed by atoms with Crippen LogP contribution in [0.2, 0.25) is 0 Å². The fourth-order valence-corrected chi connectivity index (χ4v) is 8.91. The molecule has 13 heteroatoms. The van der Waals surface area contributed by atoms with Crippen molar-refractivity contribution in [3.8, 4) is 11.5 Å². The van der Waals surface area contributed by atoms with E-state index < -0.39 is 0 Å². The van der Waals surface area contributed by atoms with Gasteiger partial charge in [0.15, 0.2) is 0 Å². The van der Waals surface area contributed by atoms with Crippen LogP contribution in [0, 0.1) is 30.6 Å². The first-order chi connectivity index (χ1) is 31.8. The molecular weight excluding hydrogens is 833 g/mol. The van der Waals surface area contributed by atoms with Gasteiger partial charge in [-0.2, -0.15) is 0 Å². The van der Waals surface area contributed by atoms with Gasteiger partial charge in [0, 0.05) is 109 Å². The SMILES string of the molecule is CCc1ccc(C(=O)N(C[C@@H]2CNC[C@@H]2CNC)C(C)C)cc1OCCCOC.COCCCOc1c(C)ccc(C(=O)NC[C@@H]2CNC[C@H]2CN(C)C(=O)Cc2ccccc2)c1C(C)C. The minimum Gasteiger partial charge on any atom is -0.493 e. The highest BCUT2D eigenvalue weighted by Crippen LogP contribution is 2.34. The lowest BCUT2D eigenvalue weighted by Gasteiger charge is -2.31. The zero-order chi connectivity index (χ0) is 48.0. The molecule has 4 N–H and O–H groups in total. The summed E-state index contributed by atoms with van der Waals surface area (Å²) in [6.45, 7) is 21.5. The minimum atomic E-state index is -0.0791. The number of carbonyl (C=O) groups is 3. The molecular formula is C53H82N6O7. The summed E-state index contributed by atoms with van der Waals surface area (Å²) in [4.78, 5) is 43.3. The molecule has 2 fully saturated rings. The Labute approximate surface area is 396 Å². The molecule has 0 saturated carbocycles. The van der Waals surface area contributed by atoms with Crippen molar-refractivity contribution in [2.24, 2.45) is 23.7 Å². The van der Waals surface area contributed by atoms with Crippen LogP contribution in [0.15, 0.2) is 60.7 Å². The molecule has 0 unspecified atom stereocenters. The van der Waals surface area contributed by atoms with E-state index in [1.54, 1.807) is 14.2 Å². The van der Waals surface area contributed by atoms with Gasteiger partial charge in [0.05, 0.1) is 19.6 Å². The van der Waals surface area contributed by atoms with Crippen LogP contribution in [0.4, 0.5) is 0 Å². The molecule has 366 valence electrons. The van der Waals surface area contributed by atoms with Crippen LogP contribution in [0.25, 0.3) is 0 Å². The second-order valence-electron chi connectivity index (χ2n) is 18.5. The third-order valence-electron chi connectivity index (χ3n) is 12.8. The zero-order valence-electron chi connectivity index (χ0n) is 41.8. The van der Waals surface area contributed by atoms with E-state index in [9.17, 15) is 14.4 Å². The maximum Gasteiger partial charge on any atom is 0.254 e.